The van der Waals surface area contributed by atoms with Gasteiger partial charge in [-0.15, -0.1) is 0 Å². The molecule has 3 aromatic rings. The number of rotatable bonds is 4. The summed E-state index contributed by atoms with van der Waals surface area (Å²) < 4.78 is 5.01. The summed E-state index contributed by atoms with van der Waals surface area (Å²) in [6.45, 7) is 0. The third-order valence-corrected chi connectivity index (χ3v) is 3.47. The summed E-state index contributed by atoms with van der Waals surface area (Å²) in [5.74, 6) is -0.243. The highest BCUT2D eigenvalue weighted by Gasteiger charge is 2.22. The van der Waals surface area contributed by atoms with E-state index in [-0.39, 0.29) is 22.5 Å². The van der Waals surface area contributed by atoms with Crippen molar-refractivity contribution in [1.29, 1.82) is 0 Å². The van der Waals surface area contributed by atoms with E-state index in [1.807, 2.05) is 0 Å². The monoisotopic (exact) mass is 328 g/mol. The van der Waals surface area contributed by atoms with Crippen LogP contribution in [0.25, 0.3) is 10.9 Å². The Kier molecular flexibility index (Phi) is 3.84. The lowest BCUT2D eigenvalue weighted by Crippen LogP contribution is -2.27. The average Bonchev–Trinajstić information content (AvgIpc) is 3.03. The summed E-state index contributed by atoms with van der Waals surface area (Å²) in [4.78, 5) is 22.8. The van der Waals surface area contributed by atoms with Gasteiger partial charge in [-0.1, -0.05) is 0 Å². The Labute approximate surface area is 135 Å². The first-order valence-electron chi connectivity index (χ1n) is 6.81. The van der Waals surface area contributed by atoms with Crippen LogP contribution in [0.4, 0.5) is 11.4 Å². The maximum atomic E-state index is 12.4. The van der Waals surface area contributed by atoms with E-state index in [2.05, 4.69) is 10.2 Å². The Bertz CT molecular complexity index is 919. The molecule has 0 spiro atoms. The van der Waals surface area contributed by atoms with Crippen LogP contribution in [0, 0.1) is 10.1 Å². The van der Waals surface area contributed by atoms with Crippen LogP contribution in [0.1, 0.15) is 10.5 Å². The lowest BCUT2D eigenvalue weighted by Gasteiger charge is -2.14. The number of benzene rings is 2. The molecule has 1 aromatic heterocycles. The Balaban J connectivity index is 1.97. The smallest absolute Gasteiger partial charge is 0.303 e. The van der Waals surface area contributed by atoms with Crippen molar-refractivity contribution < 1.29 is 19.7 Å². The third-order valence-electron chi connectivity index (χ3n) is 3.47. The molecular weight excluding hydrogens is 316 g/mol. The van der Waals surface area contributed by atoms with Gasteiger partial charge in [-0.3, -0.25) is 25.2 Å². The number of non-ortho nitro benzene ring substituents is 1. The summed E-state index contributed by atoms with van der Waals surface area (Å²) in [6.07, 6.45) is 0. The van der Waals surface area contributed by atoms with Crippen molar-refractivity contribution in [2.24, 2.45) is 0 Å². The summed E-state index contributed by atoms with van der Waals surface area (Å²) in [6, 6.07) is 10.1. The second-order valence-electron chi connectivity index (χ2n) is 4.87. The van der Waals surface area contributed by atoms with Gasteiger partial charge in [-0.25, -0.2) is 0 Å². The standard InChI is InChI=1S/C15H12N4O5/c1-24-11-5-2-9(3-6-11)18(21)15(20)14-12-8-10(19(22)23)4-7-13(12)16-17-14/h2-8,21H,1H3,(H,16,17). The van der Waals surface area contributed by atoms with Gasteiger partial charge in [0.15, 0.2) is 5.69 Å². The minimum atomic E-state index is -0.813. The summed E-state index contributed by atoms with van der Waals surface area (Å²) >= 11 is 0. The van der Waals surface area contributed by atoms with E-state index < -0.39 is 10.8 Å². The lowest BCUT2D eigenvalue weighted by molar-refractivity contribution is -0.384. The van der Waals surface area contributed by atoms with Crippen molar-refractivity contribution in [1.82, 2.24) is 10.2 Å². The normalized spacial score (nSPS) is 10.6. The molecule has 122 valence electrons. The van der Waals surface area contributed by atoms with Crippen molar-refractivity contribution in [3.05, 3.63) is 58.3 Å². The summed E-state index contributed by atoms with van der Waals surface area (Å²) in [5, 5.41) is 28.1. The highest BCUT2D eigenvalue weighted by molar-refractivity contribution is 6.11. The molecule has 2 aromatic carbocycles. The highest BCUT2D eigenvalue weighted by Crippen LogP contribution is 2.25. The molecule has 3 rings (SSSR count). The molecule has 9 heteroatoms. The number of anilines is 1. The second kappa shape index (κ2) is 5.97. The number of hydrogen-bond acceptors (Lipinski definition) is 6. The van der Waals surface area contributed by atoms with Crippen LogP contribution in [0.5, 0.6) is 5.75 Å². The number of nitro benzene ring substituents is 1. The maximum Gasteiger partial charge on any atom is 0.303 e. The number of hydrogen-bond donors (Lipinski definition) is 2. The number of carbonyl (C=O) groups is 1. The average molecular weight is 328 g/mol. The van der Waals surface area contributed by atoms with Gasteiger partial charge in [0.25, 0.3) is 5.69 Å². The zero-order valence-corrected chi connectivity index (χ0v) is 12.5. The second-order valence-corrected chi connectivity index (χ2v) is 4.87. The van der Waals surface area contributed by atoms with Crippen molar-refractivity contribution >= 4 is 28.2 Å². The number of methoxy groups -OCH3 is 1. The van der Waals surface area contributed by atoms with E-state index in [0.717, 1.165) is 0 Å². The van der Waals surface area contributed by atoms with E-state index in [1.165, 1.54) is 37.4 Å². The molecule has 0 unspecified atom stereocenters. The van der Waals surface area contributed by atoms with Crippen LogP contribution in [0.2, 0.25) is 0 Å². The number of carbonyl (C=O) groups excluding carboxylic acids is 1. The first-order valence-corrected chi connectivity index (χ1v) is 6.81. The Hall–Kier alpha value is -3.46. The van der Waals surface area contributed by atoms with E-state index in [4.69, 9.17) is 4.74 Å². The number of fused-ring (bicyclic) bond motifs is 1. The van der Waals surface area contributed by atoms with Gasteiger partial charge in [0, 0.05) is 17.5 Å². The maximum absolute atomic E-state index is 12.4. The number of nitro groups is 1. The molecule has 24 heavy (non-hydrogen) atoms. The highest BCUT2D eigenvalue weighted by atomic mass is 16.6. The van der Waals surface area contributed by atoms with Gasteiger partial charge < -0.3 is 4.74 Å². The number of H-pyrrole nitrogens is 1. The summed E-state index contributed by atoms with van der Waals surface area (Å²) in [5.41, 5.74) is 0.369. The molecule has 0 saturated heterocycles. The molecule has 1 amide bonds. The Morgan fingerprint density at radius 2 is 2.00 bits per heavy atom. The molecule has 2 N–H and O–H groups in total. The molecule has 0 saturated carbocycles. The Morgan fingerprint density at radius 1 is 1.29 bits per heavy atom. The molecule has 0 radical (unpaired) electrons. The predicted octanol–water partition coefficient (Wildman–Crippen LogP) is 2.52. The van der Waals surface area contributed by atoms with E-state index in [9.17, 15) is 20.1 Å². The number of aromatic amines is 1. The van der Waals surface area contributed by atoms with Crippen molar-refractivity contribution in [2.45, 2.75) is 0 Å². The molecule has 0 aliphatic rings. The largest absolute Gasteiger partial charge is 0.497 e. The molecule has 0 aliphatic carbocycles. The first-order chi connectivity index (χ1) is 11.5. The van der Waals surface area contributed by atoms with E-state index >= 15 is 0 Å². The molecule has 0 atom stereocenters. The van der Waals surface area contributed by atoms with Crippen LogP contribution >= 0.6 is 0 Å². The molecular formula is C15H12N4O5. The number of aromatic nitrogens is 2. The molecule has 0 bridgehead atoms. The van der Waals surface area contributed by atoms with Crippen molar-refractivity contribution in [2.75, 3.05) is 12.2 Å². The van der Waals surface area contributed by atoms with E-state index in [0.29, 0.717) is 16.3 Å². The number of nitrogens with zero attached hydrogens (tertiary/aromatic N) is 3. The van der Waals surface area contributed by atoms with Crippen molar-refractivity contribution in [3.8, 4) is 5.75 Å². The van der Waals surface area contributed by atoms with Gasteiger partial charge in [-0.2, -0.15) is 10.2 Å². The van der Waals surface area contributed by atoms with Gasteiger partial charge in [0.1, 0.15) is 5.75 Å². The number of ether oxygens (including phenoxy) is 1. The number of nitrogens with one attached hydrogen (secondary N) is 1. The third kappa shape index (κ3) is 2.63. The molecule has 0 fully saturated rings. The zero-order valence-electron chi connectivity index (χ0n) is 12.5. The van der Waals surface area contributed by atoms with Gasteiger partial charge in [0.2, 0.25) is 0 Å². The quantitative estimate of drug-likeness (QED) is 0.431. The zero-order chi connectivity index (χ0) is 17.3. The van der Waals surface area contributed by atoms with Gasteiger partial charge >= 0.3 is 5.91 Å². The predicted molar refractivity (Wildman–Crippen MR) is 84.3 cm³/mol. The van der Waals surface area contributed by atoms with Crippen LogP contribution in [0.3, 0.4) is 0 Å². The number of amides is 1. The number of hydroxylamine groups is 1. The SMILES string of the molecule is COc1ccc(N(O)C(=O)c2n[nH]c3ccc([N+](=O)[O-])cc23)cc1. The van der Waals surface area contributed by atoms with Gasteiger partial charge in [0.05, 0.1) is 23.2 Å². The van der Waals surface area contributed by atoms with Crippen LogP contribution in [-0.4, -0.2) is 33.3 Å². The lowest BCUT2D eigenvalue weighted by atomic mass is 10.1. The fourth-order valence-corrected chi connectivity index (χ4v) is 2.22. The molecule has 0 aliphatic heterocycles. The Morgan fingerprint density at radius 3 is 2.62 bits per heavy atom. The van der Waals surface area contributed by atoms with Crippen LogP contribution in [-0.2, 0) is 0 Å². The van der Waals surface area contributed by atoms with Gasteiger partial charge in [-0.05, 0) is 30.3 Å². The van der Waals surface area contributed by atoms with E-state index in [1.54, 1.807) is 12.1 Å². The molecule has 9 nitrogen and oxygen atoms in total. The van der Waals surface area contributed by atoms with Crippen molar-refractivity contribution in [3.63, 3.8) is 0 Å². The van der Waals surface area contributed by atoms with Crippen LogP contribution in [0.15, 0.2) is 42.5 Å². The minimum Gasteiger partial charge on any atom is -0.497 e. The fraction of sp³-hybridized carbons (Fsp3) is 0.0667. The minimum absolute atomic E-state index is 0.119. The molecule has 1 heterocycles. The first kappa shape index (κ1) is 15.4. The fourth-order valence-electron chi connectivity index (χ4n) is 2.22. The van der Waals surface area contributed by atoms with Crippen LogP contribution < -0.4 is 9.80 Å². The summed E-state index contributed by atoms with van der Waals surface area (Å²) in [7, 11) is 1.50. The topological polar surface area (TPSA) is 122 Å².